The van der Waals surface area contributed by atoms with E-state index >= 15 is 0 Å². The fourth-order valence-corrected chi connectivity index (χ4v) is 2.69. The van der Waals surface area contributed by atoms with E-state index in [1.165, 1.54) is 4.90 Å². The number of thioether (sulfide) groups is 1. The van der Waals surface area contributed by atoms with Crippen LogP contribution in [0, 0.1) is 0 Å². The number of thiophene rings is 1. The van der Waals surface area contributed by atoms with Crippen molar-refractivity contribution >= 4 is 29.0 Å². The fraction of sp³-hybridized carbons (Fsp3) is 0.214. The maximum absolute atomic E-state index is 11.7. The average molecular weight is 277 g/mol. The number of hydrogen-bond donors (Lipinski definition) is 1. The van der Waals surface area contributed by atoms with Gasteiger partial charge in [-0.3, -0.25) is 4.79 Å². The zero-order valence-electron chi connectivity index (χ0n) is 10.2. The number of rotatable bonds is 5. The van der Waals surface area contributed by atoms with Gasteiger partial charge in [-0.05, 0) is 35.4 Å². The molecule has 0 bridgehead atoms. The van der Waals surface area contributed by atoms with Gasteiger partial charge in [0.1, 0.15) is 0 Å². The molecule has 0 fully saturated rings. The number of benzene rings is 1. The van der Waals surface area contributed by atoms with Crippen LogP contribution in [0.25, 0.3) is 0 Å². The first-order chi connectivity index (χ1) is 8.78. The first-order valence-electron chi connectivity index (χ1n) is 5.70. The van der Waals surface area contributed by atoms with Crippen molar-refractivity contribution in [2.24, 2.45) is 0 Å². The van der Waals surface area contributed by atoms with Crippen LogP contribution in [0.4, 0.5) is 0 Å². The Hall–Kier alpha value is -1.26. The maximum Gasteiger partial charge on any atom is 0.225 e. The molecule has 0 aliphatic rings. The van der Waals surface area contributed by atoms with Crippen molar-refractivity contribution in [2.45, 2.75) is 17.9 Å². The molecule has 0 spiro atoms. The maximum atomic E-state index is 11.7. The summed E-state index contributed by atoms with van der Waals surface area (Å²) >= 11 is 3.33. The Morgan fingerprint density at radius 2 is 2.06 bits per heavy atom. The van der Waals surface area contributed by atoms with Crippen molar-refractivity contribution in [3.63, 3.8) is 0 Å². The zero-order chi connectivity index (χ0) is 12.8. The second-order valence-corrected chi connectivity index (χ2v) is 5.79. The summed E-state index contributed by atoms with van der Waals surface area (Å²) in [7, 11) is 0. The van der Waals surface area contributed by atoms with Crippen molar-refractivity contribution < 1.29 is 4.79 Å². The first kappa shape index (κ1) is 13.2. The summed E-state index contributed by atoms with van der Waals surface area (Å²) in [5.41, 5.74) is 1.13. The minimum Gasteiger partial charge on any atom is -0.352 e. The van der Waals surface area contributed by atoms with Gasteiger partial charge in [-0.25, -0.2) is 0 Å². The number of nitrogens with one attached hydrogen (secondary N) is 1. The van der Waals surface area contributed by atoms with Crippen molar-refractivity contribution in [3.8, 4) is 0 Å². The molecule has 0 atom stereocenters. The molecule has 0 aliphatic heterocycles. The van der Waals surface area contributed by atoms with Gasteiger partial charge < -0.3 is 5.32 Å². The van der Waals surface area contributed by atoms with Gasteiger partial charge in [0, 0.05) is 16.3 Å². The highest BCUT2D eigenvalue weighted by atomic mass is 32.2. The Morgan fingerprint density at radius 1 is 1.28 bits per heavy atom. The quantitative estimate of drug-likeness (QED) is 0.849. The van der Waals surface area contributed by atoms with Crippen LogP contribution in [0.15, 0.2) is 46.7 Å². The summed E-state index contributed by atoms with van der Waals surface area (Å²) in [6, 6.07) is 12.2. The minimum absolute atomic E-state index is 0.0754. The normalized spacial score (nSPS) is 10.3. The second-order valence-electron chi connectivity index (χ2n) is 3.88. The van der Waals surface area contributed by atoms with E-state index in [1.807, 2.05) is 17.5 Å². The number of carbonyl (C=O) groups excluding carboxylic acids is 1. The molecule has 2 rings (SSSR count). The highest BCUT2D eigenvalue weighted by molar-refractivity contribution is 7.98. The number of amides is 1. The molecule has 1 aromatic carbocycles. The Kier molecular flexibility index (Phi) is 4.84. The SMILES string of the molecule is CSc1ccc(CNC(=O)Cc2cccs2)cc1. The lowest BCUT2D eigenvalue weighted by Crippen LogP contribution is -2.24. The smallest absolute Gasteiger partial charge is 0.225 e. The van der Waals surface area contributed by atoms with Crippen molar-refractivity contribution in [2.75, 3.05) is 6.26 Å². The van der Waals surface area contributed by atoms with Crippen LogP contribution in [-0.4, -0.2) is 12.2 Å². The van der Waals surface area contributed by atoms with Gasteiger partial charge in [-0.15, -0.1) is 23.1 Å². The molecule has 0 saturated carbocycles. The molecule has 94 valence electrons. The van der Waals surface area contributed by atoms with Gasteiger partial charge in [0.15, 0.2) is 0 Å². The van der Waals surface area contributed by atoms with Crippen LogP contribution < -0.4 is 5.32 Å². The molecule has 0 radical (unpaired) electrons. The molecule has 0 saturated heterocycles. The predicted molar refractivity (Wildman–Crippen MR) is 78.1 cm³/mol. The van der Waals surface area contributed by atoms with E-state index < -0.39 is 0 Å². The van der Waals surface area contributed by atoms with Gasteiger partial charge in [0.2, 0.25) is 5.91 Å². The molecule has 18 heavy (non-hydrogen) atoms. The second kappa shape index (κ2) is 6.61. The summed E-state index contributed by atoms with van der Waals surface area (Å²) in [6.45, 7) is 0.596. The molecule has 1 amide bonds. The van der Waals surface area contributed by atoms with E-state index in [4.69, 9.17) is 0 Å². The molecular formula is C14H15NOS2. The van der Waals surface area contributed by atoms with Crippen molar-refractivity contribution in [3.05, 3.63) is 52.2 Å². The molecule has 1 heterocycles. The topological polar surface area (TPSA) is 29.1 Å². The van der Waals surface area contributed by atoms with E-state index in [0.717, 1.165) is 10.4 Å². The zero-order valence-corrected chi connectivity index (χ0v) is 11.8. The van der Waals surface area contributed by atoms with E-state index in [1.54, 1.807) is 23.1 Å². The van der Waals surface area contributed by atoms with Crippen LogP contribution in [0.1, 0.15) is 10.4 Å². The third kappa shape index (κ3) is 3.89. The summed E-state index contributed by atoms with van der Waals surface area (Å²) in [4.78, 5) is 14.0. The van der Waals surface area contributed by atoms with E-state index in [9.17, 15) is 4.79 Å². The third-order valence-electron chi connectivity index (χ3n) is 2.56. The third-order valence-corrected chi connectivity index (χ3v) is 4.18. The lowest BCUT2D eigenvalue weighted by atomic mass is 10.2. The van der Waals surface area contributed by atoms with Crippen molar-refractivity contribution in [1.29, 1.82) is 0 Å². The molecule has 0 unspecified atom stereocenters. The lowest BCUT2D eigenvalue weighted by Gasteiger charge is -2.05. The Balaban J connectivity index is 1.81. The van der Waals surface area contributed by atoms with Crippen molar-refractivity contribution in [1.82, 2.24) is 5.32 Å². The van der Waals surface area contributed by atoms with Crippen LogP contribution >= 0.6 is 23.1 Å². The monoisotopic (exact) mass is 277 g/mol. The Morgan fingerprint density at radius 3 is 2.67 bits per heavy atom. The Bertz CT molecular complexity index is 491. The predicted octanol–water partition coefficient (Wildman–Crippen LogP) is 3.33. The fourth-order valence-electron chi connectivity index (χ4n) is 1.58. The summed E-state index contributed by atoms with van der Waals surface area (Å²) in [5.74, 6) is 0.0754. The van der Waals surface area contributed by atoms with E-state index in [-0.39, 0.29) is 5.91 Å². The number of carbonyl (C=O) groups is 1. The lowest BCUT2D eigenvalue weighted by molar-refractivity contribution is -0.120. The van der Waals surface area contributed by atoms with E-state index in [2.05, 4.69) is 35.8 Å². The van der Waals surface area contributed by atoms with Crippen LogP contribution in [0.3, 0.4) is 0 Å². The minimum atomic E-state index is 0.0754. The Labute approximate surface area is 115 Å². The van der Waals surface area contributed by atoms with Gasteiger partial charge in [0.25, 0.3) is 0 Å². The van der Waals surface area contributed by atoms with Gasteiger partial charge in [0.05, 0.1) is 6.42 Å². The highest BCUT2D eigenvalue weighted by Crippen LogP contribution is 2.14. The standard InChI is InChI=1S/C14H15NOS2/c1-17-12-6-4-11(5-7-12)10-15-14(16)9-13-3-2-8-18-13/h2-8H,9-10H2,1H3,(H,15,16). The molecule has 1 aromatic heterocycles. The molecule has 2 aromatic rings. The van der Waals surface area contributed by atoms with Crippen LogP contribution in [-0.2, 0) is 17.8 Å². The molecule has 1 N–H and O–H groups in total. The summed E-state index contributed by atoms with van der Waals surface area (Å²) in [6.07, 6.45) is 2.53. The first-order valence-corrected chi connectivity index (χ1v) is 7.80. The highest BCUT2D eigenvalue weighted by Gasteiger charge is 2.03. The summed E-state index contributed by atoms with van der Waals surface area (Å²) in [5, 5.41) is 4.93. The molecular weight excluding hydrogens is 262 g/mol. The molecule has 2 nitrogen and oxygen atoms in total. The van der Waals surface area contributed by atoms with Crippen LogP contribution in [0.5, 0.6) is 0 Å². The van der Waals surface area contributed by atoms with Crippen LogP contribution in [0.2, 0.25) is 0 Å². The van der Waals surface area contributed by atoms with E-state index in [0.29, 0.717) is 13.0 Å². The molecule has 0 aliphatic carbocycles. The van der Waals surface area contributed by atoms with Gasteiger partial charge >= 0.3 is 0 Å². The van der Waals surface area contributed by atoms with Gasteiger partial charge in [-0.1, -0.05) is 18.2 Å². The number of hydrogen-bond acceptors (Lipinski definition) is 3. The molecule has 4 heteroatoms. The average Bonchev–Trinajstić information content (AvgIpc) is 2.90. The summed E-state index contributed by atoms with van der Waals surface area (Å²) < 4.78 is 0. The largest absolute Gasteiger partial charge is 0.352 e. The van der Waals surface area contributed by atoms with Gasteiger partial charge in [-0.2, -0.15) is 0 Å².